The van der Waals surface area contributed by atoms with Crippen molar-refractivity contribution >= 4 is 11.8 Å². The van der Waals surface area contributed by atoms with E-state index < -0.39 is 5.97 Å². The first-order chi connectivity index (χ1) is 7.13. The Kier molecular flexibility index (Phi) is 3.68. The van der Waals surface area contributed by atoms with Crippen LogP contribution in [0.15, 0.2) is 10.6 Å². The van der Waals surface area contributed by atoms with Crippen molar-refractivity contribution in [3.63, 3.8) is 0 Å². The zero-order valence-corrected chi connectivity index (χ0v) is 8.30. The molecule has 0 aliphatic heterocycles. The molecular formula is C9H11N3O3. The van der Waals surface area contributed by atoms with Crippen LogP contribution in [0.25, 0.3) is 0 Å². The largest absolute Gasteiger partial charge is 0.481 e. The van der Waals surface area contributed by atoms with Gasteiger partial charge in [0.2, 0.25) is 0 Å². The summed E-state index contributed by atoms with van der Waals surface area (Å²) >= 11 is 0. The molecule has 0 saturated heterocycles. The molecule has 1 rings (SSSR count). The number of anilines is 1. The molecule has 0 radical (unpaired) electrons. The van der Waals surface area contributed by atoms with Crippen molar-refractivity contribution < 1.29 is 14.4 Å². The Morgan fingerprint density at radius 3 is 3.00 bits per heavy atom. The number of carbonyl (C=O) groups is 1. The molecule has 0 saturated carbocycles. The number of aryl methyl sites for hydroxylation is 1. The highest BCUT2D eigenvalue weighted by molar-refractivity contribution is 5.67. The average molecular weight is 209 g/mol. The van der Waals surface area contributed by atoms with Gasteiger partial charge in [-0.05, 0) is 6.92 Å². The first kappa shape index (κ1) is 11.0. The van der Waals surface area contributed by atoms with Crippen molar-refractivity contribution in [2.24, 2.45) is 0 Å². The SMILES string of the molecule is Cc1cc(N(CC#N)CCC(=O)O)no1. The van der Waals surface area contributed by atoms with E-state index in [2.05, 4.69) is 5.16 Å². The molecule has 1 aromatic rings. The fraction of sp³-hybridized carbons (Fsp3) is 0.444. The minimum absolute atomic E-state index is 0.0341. The molecular weight excluding hydrogens is 198 g/mol. The molecule has 6 heteroatoms. The van der Waals surface area contributed by atoms with Gasteiger partial charge in [-0.25, -0.2) is 0 Å². The Labute approximate surface area is 86.7 Å². The number of hydrogen-bond donors (Lipinski definition) is 1. The minimum atomic E-state index is -0.904. The molecule has 1 heterocycles. The van der Waals surface area contributed by atoms with E-state index in [0.29, 0.717) is 11.6 Å². The fourth-order valence-corrected chi connectivity index (χ4v) is 1.09. The average Bonchev–Trinajstić information content (AvgIpc) is 2.59. The van der Waals surface area contributed by atoms with Crippen LogP contribution in [0.5, 0.6) is 0 Å². The van der Waals surface area contributed by atoms with E-state index in [4.69, 9.17) is 14.9 Å². The second-order valence-electron chi connectivity index (χ2n) is 3.02. The summed E-state index contributed by atoms with van der Waals surface area (Å²) in [6, 6.07) is 3.62. The first-order valence-electron chi connectivity index (χ1n) is 4.40. The number of hydrogen-bond acceptors (Lipinski definition) is 5. The summed E-state index contributed by atoms with van der Waals surface area (Å²) in [5.74, 6) is 0.219. The second-order valence-corrected chi connectivity index (χ2v) is 3.02. The zero-order valence-electron chi connectivity index (χ0n) is 8.30. The number of carboxylic acids is 1. The lowest BCUT2D eigenvalue weighted by atomic mass is 10.3. The molecule has 0 aliphatic carbocycles. The third-order valence-electron chi connectivity index (χ3n) is 1.80. The van der Waals surface area contributed by atoms with Crippen LogP contribution in [0.4, 0.5) is 5.82 Å². The topological polar surface area (TPSA) is 90.4 Å². The molecule has 0 spiro atoms. The van der Waals surface area contributed by atoms with E-state index in [-0.39, 0.29) is 19.5 Å². The van der Waals surface area contributed by atoms with Gasteiger partial charge in [-0.15, -0.1) is 0 Å². The predicted molar refractivity (Wildman–Crippen MR) is 51.3 cm³/mol. The van der Waals surface area contributed by atoms with Crippen LogP contribution in [0.3, 0.4) is 0 Å². The molecule has 0 unspecified atom stereocenters. The maximum Gasteiger partial charge on any atom is 0.305 e. The van der Waals surface area contributed by atoms with Gasteiger partial charge in [-0.1, -0.05) is 5.16 Å². The molecule has 0 atom stereocenters. The van der Waals surface area contributed by atoms with Crippen molar-refractivity contribution in [3.05, 3.63) is 11.8 Å². The van der Waals surface area contributed by atoms with Crippen LogP contribution >= 0.6 is 0 Å². The summed E-state index contributed by atoms with van der Waals surface area (Å²) in [5.41, 5.74) is 0. The quantitative estimate of drug-likeness (QED) is 0.721. The number of rotatable bonds is 5. The van der Waals surface area contributed by atoms with E-state index in [9.17, 15) is 4.79 Å². The number of aliphatic carboxylic acids is 1. The summed E-state index contributed by atoms with van der Waals surface area (Å²) in [7, 11) is 0. The Morgan fingerprint density at radius 1 is 1.80 bits per heavy atom. The van der Waals surface area contributed by atoms with Crippen LogP contribution < -0.4 is 4.90 Å². The highest BCUT2D eigenvalue weighted by Gasteiger charge is 2.11. The third-order valence-corrected chi connectivity index (χ3v) is 1.80. The van der Waals surface area contributed by atoms with E-state index in [1.54, 1.807) is 17.9 Å². The van der Waals surface area contributed by atoms with Gasteiger partial charge in [-0.2, -0.15) is 5.26 Å². The maximum absolute atomic E-state index is 10.4. The van der Waals surface area contributed by atoms with E-state index in [1.165, 1.54) is 0 Å². The van der Waals surface area contributed by atoms with Gasteiger partial charge in [-0.3, -0.25) is 4.79 Å². The van der Waals surface area contributed by atoms with Gasteiger partial charge >= 0.3 is 5.97 Å². The van der Waals surface area contributed by atoms with Crippen molar-refractivity contribution in [2.75, 3.05) is 18.0 Å². The molecule has 0 amide bonds. The monoisotopic (exact) mass is 209 g/mol. The standard InChI is InChI=1S/C9H11N3O3/c1-7-6-8(11-15-7)12(5-3-10)4-2-9(13)14/h6H,2,4-5H2,1H3,(H,13,14). The van der Waals surface area contributed by atoms with Crippen molar-refractivity contribution in [1.82, 2.24) is 5.16 Å². The number of aromatic nitrogens is 1. The molecule has 0 bridgehead atoms. The molecule has 6 nitrogen and oxygen atoms in total. The lowest BCUT2D eigenvalue weighted by Gasteiger charge is -2.16. The third kappa shape index (κ3) is 3.31. The summed E-state index contributed by atoms with van der Waals surface area (Å²) in [4.78, 5) is 12.0. The van der Waals surface area contributed by atoms with Crippen LogP contribution in [0, 0.1) is 18.3 Å². The highest BCUT2D eigenvalue weighted by Crippen LogP contribution is 2.13. The summed E-state index contributed by atoms with van der Waals surface area (Å²) < 4.78 is 4.85. The smallest absolute Gasteiger partial charge is 0.305 e. The fourth-order valence-electron chi connectivity index (χ4n) is 1.09. The number of carboxylic acid groups (broad SMARTS) is 1. The summed E-state index contributed by atoms with van der Waals surface area (Å²) in [5, 5.41) is 20.8. The minimum Gasteiger partial charge on any atom is -0.481 e. The predicted octanol–water partition coefficient (Wildman–Crippen LogP) is 0.788. The van der Waals surface area contributed by atoms with Crippen LogP contribution in [0.1, 0.15) is 12.2 Å². The number of nitrogens with zero attached hydrogens (tertiary/aromatic N) is 3. The van der Waals surface area contributed by atoms with Gasteiger partial charge < -0.3 is 14.5 Å². The molecule has 1 aromatic heterocycles. The molecule has 1 N–H and O–H groups in total. The molecule has 0 aliphatic rings. The van der Waals surface area contributed by atoms with E-state index >= 15 is 0 Å². The van der Waals surface area contributed by atoms with Gasteiger partial charge in [0, 0.05) is 12.6 Å². The Balaban J connectivity index is 2.66. The maximum atomic E-state index is 10.4. The number of nitriles is 1. The first-order valence-corrected chi connectivity index (χ1v) is 4.40. The summed E-state index contributed by atoms with van der Waals surface area (Å²) in [6.07, 6.45) is -0.0341. The normalized spacial score (nSPS) is 9.60. The van der Waals surface area contributed by atoms with Crippen molar-refractivity contribution in [2.45, 2.75) is 13.3 Å². The Hall–Kier alpha value is -2.03. The van der Waals surface area contributed by atoms with Gasteiger partial charge in [0.05, 0.1) is 12.5 Å². The Morgan fingerprint density at radius 2 is 2.53 bits per heavy atom. The lowest BCUT2D eigenvalue weighted by Crippen LogP contribution is -2.26. The highest BCUT2D eigenvalue weighted by atomic mass is 16.5. The van der Waals surface area contributed by atoms with Gasteiger partial charge in [0.25, 0.3) is 0 Å². The second kappa shape index (κ2) is 5.00. The van der Waals surface area contributed by atoms with E-state index in [0.717, 1.165) is 0 Å². The Bertz CT molecular complexity index is 380. The molecule has 15 heavy (non-hydrogen) atoms. The van der Waals surface area contributed by atoms with Crippen LogP contribution in [-0.2, 0) is 4.79 Å². The molecule has 0 aromatic carbocycles. The van der Waals surface area contributed by atoms with Gasteiger partial charge in [0.15, 0.2) is 5.82 Å². The summed E-state index contributed by atoms with van der Waals surface area (Å²) in [6.45, 7) is 2.08. The van der Waals surface area contributed by atoms with Crippen molar-refractivity contribution in [3.8, 4) is 6.07 Å². The molecule has 0 fully saturated rings. The van der Waals surface area contributed by atoms with Crippen LogP contribution in [-0.4, -0.2) is 29.3 Å². The molecule has 80 valence electrons. The van der Waals surface area contributed by atoms with Gasteiger partial charge in [0.1, 0.15) is 12.3 Å². The van der Waals surface area contributed by atoms with Crippen LogP contribution in [0.2, 0.25) is 0 Å². The lowest BCUT2D eigenvalue weighted by molar-refractivity contribution is -0.136. The van der Waals surface area contributed by atoms with E-state index in [1.807, 2.05) is 6.07 Å². The zero-order chi connectivity index (χ0) is 11.3. The van der Waals surface area contributed by atoms with Crippen molar-refractivity contribution in [1.29, 1.82) is 5.26 Å².